The molecule has 2 aromatic heterocycles. The number of amides is 2. The number of nitrogens with one attached hydrogen (secondary N) is 2. The number of Topliss-reactive ketones (excluding diaryl/α,β-unsaturated/α-hetero) is 2. The summed E-state index contributed by atoms with van der Waals surface area (Å²) in [5.74, 6) is -1.27. The first-order chi connectivity index (χ1) is 47.2. The quantitative estimate of drug-likeness (QED) is 0.0202. The summed E-state index contributed by atoms with van der Waals surface area (Å²) in [4.78, 5) is 88.7. The highest BCUT2D eigenvalue weighted by Gasteiger charge is 2.43. The van der Waals surface area contributed by atoms with Gasteiger partial charge >= 0.3 is 24.1 Å². The molecule has 2 amide bonds. The number of hydrogen-bond acceptors (Lipinski definition) is 18. The van der Waals surface area contributed by atoms with E-state index in [0.29, 0.717) is 45.3 Å². The summed E-state index contributed by atoms with van der Waals surface area (Å²) in [7, 11) is 5.35. The SMILES string of the molecule is COC(=O)C(C)(NC(=O)OCc1ccccc1)c1cc(-c2ccc(F)c(Cl)c2)nc(C(C)(O)CCC(=O)c2ccc(OC3CC3)c(OC)c2)c1.COC(=O)C(C)(NC(=O)OCc1ccccc1)c1cc(-c2ccc(F)cc2)nc(C(C)(O)CCC(=O)c2ccc(OC3CC3)c(OC)c2)c1. The first-order valence-corrected chi connectivity index (χ1v) is 32.2. The van der Waals surface area contributed by atoms with Gasteiger partial charge in [-0.2, -0.15) is 0 Å². The number of aliphatic hydroxyl groups is 2. The first kappa shape index (κ1) is 73.0. The van der Waals surface area contributed by atoms with E-state index in [1.54, 1.807) is 78.9 Å². The Morgan fingerprint density at radius 1 is 0.505 bits per heavy atom. The van der Waals surface area contributed by atoms with Crippen molar-refractivity contribution in [3.8, 4) is 45.5 Å². The van der Waals surface area contributed by atoms with Crippen LogP contribution in [0.15, 0.2) is 164 Å². The monoisotopic (exact) mass is 1370 g/mol. The van der Waals surface area contributed by atoms with E-state index in [1.807, 2.05) is 24.3 Å². The number of carbonyl (C=O) groups is 6. The van der Waals surface area contributed by atoms with Gasteiger partial charge in [0, 0.05) is 35.1 Å². The molecule has 0 radical (unpaired) electrons. The number of hydrogen-bond donors (Lipinski definition) is 4. The maximum absolute atomic E-state index is 14.1. The van der Waals surface area contributed by atoms with Crippen molar-refractivity contribution in [2.45, 2.75) is 127 Å². The molecule has 0 aliphatic heterocycles. The van der Waals surface area contributed by atoms with Gasteiger partial charge in [0.25, 0.3) is 0 Å². The van der Waals surface area contributed by atoms with Gasteiger partial charge in [0.1, 0.15) is 36.1 Å². The lowest BCUT2D eigenvalue weighted by molar-refractivity contribution is -0.148. The molecule has 2 aliphatic rings. The summed E-state index contributed by atoms with van der Waals surface area (Å²) in [6.45, 7) is 5.75. The minimum absolute atomic E-state index is 0.0444. The van der Waals surface area contributed by atoms with E-state index in [2.05, 4.69) is 20.6 Å². The van der Waals surface area contributed by atoms with Crippen molar-refractivity contribution in [3.63, 3.8) is 0 Å². The van der Waals surface area contributed by atoms with Gasteiger partial charge in [-0.15, -0.1) is 0 Å². The molecule has 99 heavy (non-hydrogen) atoms. The normalized spacial score (nSPS) is 14.9. The summed E-state index contributed by atoms with van der Waals surface area (Å²) in [6, 6.07) is 43.4. The highest BCUT2D eigenvalue weighted by atomic mass is 35.5. The number of aromatic nitrogens is 2. The minimum Gasteiger partial charge on any atom is -0.493 e. The number of nitrogens with zero attached hydrogens (tertiary/aromatic N) is 2. The summed E-state index contributed by atoms with van der Waals surface area (Å²) in [5, 5.41) is 28.6. The topological polar surface area (TPSA) is 267 Å². The zero-order valence-corrected chi connectivity index (χ0v) is 56.7. The molecular formula is C76H77ClF2N4O16. The van der Waals surface area contributed by atoms with Crippen LogP contribution >= 0.6 is 11.6 Å². The number of rotatable bonds is 28. The number of pyridine rings is 2. The molecule has 2 saturated carbocycles. The predicted octanol–water partition coefficient (Wildman–Crippen LogP) is 13.9. The van der Waals surface area contributed by atoms with Gasteiger partial charge in [-0.25, -0.2) is 37.9 Å². The molecule has 2 heterocycles. The van der Waals surface area contributed by atoms with Crippen LogP contribution in [0.1, 0.15) is 133 Å². The molecule has 2 aliphatic carbocycles. The van der Waals surface area contributed by atoms with E-state index in [1.165, 1.54) is 111 Å². The molecule has 4 atom stereocenters. The number of methoxy groups -OCH3 is 4. The average molecular weight is 1380 g/mol. The molecule has 0 bridgehead atoms. The van der Waals surface area contributed by atoms with Crippen molar-refractivity contribution in [1.29, 1.82) is 0 Å². The largest absolute Gasteiger partial charge is 0.493 e. The van der Waals surface area contributed by atoms with E-state index in [4.69, 9.17) is 49.5 Å². The molecule has 518 valence electrons. The van der Waals surface area contributed by atoms with Gasteiger partial charge in [-0.1, -0.05) is 72.3 Å². The fourth-order valence-corrected chi connectivity index (χ4v) is 10.6. The Morgan fingerprint density at radius 2 is 0.909 bits per heavy atom. The molecular weight excluding hydrogens is 1300 g/mol. The Kier molecular flexibility index (Phi) is 23.5. The molecule has 4 unspecified atom stereocenters. The highest BCUT2D eigenvalue weighted by molar-refractivity contribution is 6.31. The second kappa shape index (κ2) is 31.9. The highest BCUT2D eigenvalue weighted by Crippen LogP contribution is 2.40. The van der Waals surface area contributed by atoms with Crippen molar-refractivity contribution in [2.24, 2.45) is 0 Å². The van der Waals surface area contributed by atoms with Gasteiger partial charge in [0.05, 0.1) is 68.4 Å². The lowest BCUT2D eigenvalue weighted by Gasteiger charge is -2.30. The zero-order valence-electron chi connectivity index (χ0n) is 56.0. The predicted molar refractivity (Wildman–Crippen MR) is 362 cm³/mol. The molecule has 8 aromatic rings. The molecule has 6 aromatic carbocycles. The summed E-state index contributed by atoms with van der Waals surface area (Å²) in [6.07, 6.45) is 2.14. The van der Waals surface area contributed by atoms with Crippen molar-refractivity contribution in [2.75, 3.05) is 28.4 Å². The van der Waals surface area contributed by atoms with Crippen LogP contribution in [-0.2, 0) is 64.0 Å². The maximum Gasteiger partial charge on any atom is 0.408 e. The van der Waals surface area contributed by atoms with E-state index in [9.17, 15) is 47.8 Å². The van der Waals surface area contributed by atoms with Crippen LogP contribution in [0, 0.1) is 11.6 Å². The maximum atomic E-state index is 14.1. The van der Waals surface area contributed by atoms with Crippen LogP contribution in [0.5, 0.6) is 23.0 Å². The molecule has 20 nitrogen and oxygen atoms in total. The number of ether oxygens (including phenoxy) is 8. The smallest absolute Gasteiger partial charge is 0.408 e. The Morgan fingerprint density at radius 3 is 1.29 bits per heavy atom. The van der Waals surface area contributed by atoms with Crippen LogP contribution in [0.2, 0.25) is 5.02 Å². The van der Waals surface area contributed by atoms with Gasteiger partial charge in [0.2, 0.25) is 0 Å². The average Bonchev–Trinajstić information content (AvgIpc) is 1.38. The number of ketones is 2. The van der Waals surface area contributed by atoms with Crippen LogP contribution in [-0.4, -0.2) is 96.5 Å². The van der Waals surface area contributed by atoms with Gasteiger partial charge in [-0.05, 0) is 192 Å². The standard InChI is InChI=1S/C38H38ClFN2O8.C38H39FN2O8/c1-37(46,17-16-31(43)25-11-15-32(33(19-25)47-3)50-27-12-13-27)34-21-26(20-30(41-34)24-10-14-29(40)28(39)18-24)38(2,35(44)48-4)42-36(45)49-22-23-8-6-5-7-9-23;1-37(45,19-18-31(42)26-12-17-32(33(20-26)46-3)49-29-15-16-29)34-22-27(21-30(40-34)25-10-13-28(39)14-11-25)38(2,35(43)47-4)41-36(44)48-23-24-8-6-5-7-9-24/h5-11,14-15,18-21,27,46H,12-13,16-17,22H2,1-4H3,(H,42,45);5-14,17,20-22,29,45H,15-16,18-19,23H2,1-4H3,(H,41,44). The summed E-state index contributed by atoms with van der Waals surface area (Å²) >= 11 is 6.10. The van der Waals surface area contributed by atoms with E-state index >= 15 is 0 Å². The fraction of sp³-hybridized carbons (Fsp3) is 0.316. The number of carbonyl (C=O) groups excluding carboxylic acids is 6. The second-order valence-corrected chi connectivity index (χ2v) is 25.2. The van der Waals surface area contributed by atoms with Crippen LogP contribution in [0.3, 0.4) is 0 Å². The molecule has 4 N–H and O–H groups in total. The number of alkyl carbamates (subject to hydrolysis) is 2. The van der Waals surface area contributed by atoms with Crippen molar-refractivity contribution >= 4 is 47.3 Å². The van der Waals surface area contributed by atoms with Crippen LogP contribution < -0.4 is 29.6 Å². The second-order valence-electron chi connectivity index (χ2n) is 24.8. The Balaban J connectivity index is 0.000000231. The Bertz CT molecular complexity index is 4230. The Hall–Kier alpha value is -10.3. The van der Waals surface area contributed by atoms with E-state index in [-0.39, 0.29) is 102 Å². The van der Waals surface area contributed by atoms with Gasteiger partial charge in [0.15, 0.2) is 45.6 Å². The van der Waals surface area contributed by atoms with E-state index < -0.39 is 58.0 Å². The van der Waals surface area contributed by atoms with Crippen LogP contribution in [0.25, 0.3) is 22.5 Å². The molecule has 23 heteroatoms. The summed E-state index contributed by atoms with van der Waals surface area (Å²) < 4.78 is 71.6. The zero-order chi connectivity index (χ0) is 71.2. The number of benzene rings is 6. The van der Waals surface area contributed by atoms with Crippen molar-refractivity contribution in [1.82, 2.24) is 20.6 Å². The minimum atomic E-state index is -1.84. The van der Waals surface area contributed by atoms with Crippen molar-refractivity contribution < 1.29 is 85.7 Å². The molecule has 10 rings (SSSR count). The summed E-state index contributed by atoms with van der Waals surface area (Å²) in [5.41, 5.74) is -2.93. The third-order valence-corrected chi connectivity index (χ3v) is 17.2. The molecule has 2 fully saturated rings. The van der Waals surface area contributed by atoms with Gasteiger partial charge in [-0.3, -0.25) is 9.59 Å². The first-order valence-electron chi connectivity index (χ1n) is 31.9. The Labute approximate surface area is 576 Å². The third kappa shape index (κ3) is 18.9. The van der Waals surface area contributed by atoms with E-state index in [0.717, 1.165) is 42.9 Å². The molecule has 0 spiro atoms. The lowest BCUT2D eigenvalue weighted by Crippen LogP contribution is -2.50. The molecule has 0 saturated heterocycles. The van der Waals surface area contributed by atoms with Crippen LogP contribution in [0.4, 0.5) is 18.4 Å². The fourth-order valence-electron chi connectivity index (χ4n) is 10.4. The number of esters is 2. The third-order valence-electron chi connectivity index (χ3n) is 16.9. The van der Waals surface area contributed by atoms with Gasteiger partial charge < -0.3 is 58.7 Å². The lowest BCUT2D eigenvalue weighted by atomic mass is 9.86. The number of halogens is 3. The van der Waals surface area contributed by atoms with Crippen molar-refractivity contribution in [3.05, 3.63) is 225 Å².